The van der Waals surface area contributed by atoms with Crippen molar-refractivity contribution in [1.29, 1.82) is 0 Å². The Morgan fingerprint density at radius 2 is 1.12 bits per heavy atom. The number of non-ortho nitro benzene ring substituents is 2. The Morgan fingerprint density at radius 1 is 0.756 bits per heavy atom. The number of hydrogen-bond donors (Lipinski definition) is 1. The molecule has 0 amide bonds. The van der Waals surface area contributed by atoms with Gasteiger partial charge in [0.1, 0.15) is 11.6 Å². The lowest BCUT2D eigenvalue weighted by molar-refractivity contribution is -0.385. The maximum Gasteiger partial charge on any atom is 0.373 e. The van der Waals surface area contributed by atoms with Crippen LogP contribution in [0.4, 0.5) is 17.1 Å². The summed E-state index contributed by atoms with van der Waals surface area (Å²) >= 11 is 0. The second-order valence-electron chi connectivity index (χ2n) is 7.65. The van der Waals surface area contributed by atoms with Crippen molar-refractivity contribution in [3.05, 3.63) is 92.3 Å². The van der Waals surface area contributed by atoms with Gasteiger partial charge in [-0.15, -0.1) is 0 Å². The maximum absolute atomic E-state index is 10.7. The average molecular weight is 573 g/mol. The van der Waals surface area contributed by atoms with Crippen LogP contribution in [0.5, 0.6) is 0 Å². The first-order valence-corrected chi connectivity index (χ1v) is 11.1. The number of aromatic nitrogens is 1. The summed E-state index contributed by atoms with van der Waals surface area (Å²) < 4.78 is 1.99. The number of nitro groups is 2. The number of aryl methyl sites for hydroxylation is 2. The number of nitrogens with two attached hydrogens (primary N) is 1. The molecule has 0 bridgehead atoms. The third kappa shape index (κ3) is 18.3. The largest absolute Gasteiger partial charge is 0.399 e. The minimum atomic E-state index is -0.476. The minimum absolute atomic E-state index is 0. The molecule has 1 aromatic heterocycles. The summed E-state index contributed by atoms with van der Waals surface area (Å²) in [6.45, 7) is 6.93. The molecule has 0 radical (unpaired) electrons. The SMILES string of the molecule is C.CC(=O)CCC(C)=O.Cc1ccc(C)n1-c1cccc([N+](=O)[O-])c1.Nc1cccc([N+](=O)[O-])c1.O=C=O.O=C=O. The van der Waals surface area contributed by atoms with Crippen molar-refractivity contribution >= 4 is 40.9 Å². The topological polar surface area (TPSA) is 220 Å². The number of benzene rings is 2. The number of hydrogen-bond acceptors (Lipinski definition) is 11. The molecule has 14 nitrogen and oxygen atoms in total. The maximum atomic E-state index is 10.7. The molecule has 41 heavy (non-hydrogen) atoms. The number of nitrogen functional groups attached to an aromatic ring is 1. The van der Waals surface area contributed by atoms with Gasteiger partial charge in [0.25, 0.3) is 11.4 Å². The van der Waals surface area contributed by atoms with Gasteiger partial charge in [-0.1, -0.05) is 19.6 Å². The van der Waals surface area contributed by atoms with Crippen LogP contribution in [0.2, 0.25) is 0 Å². The minimum Gasteiger partial charge on any atom is -0.399 e. The first-order valence-electron chi connectivity index (χ1n) is 11.1. The van der Waals surface area contributed by atoms with Gasteiger partial charge in [0.05, 0.1) is 15.5 Å². The van der Waals surface area contributed by atoms with Crippen molar-refractivity contribution in [3.63, 3.8) is 0 Å². The van der Waals surface area contributed by atoms with E-state index in [0.29, 0.717) is 18.5 Å². The Hall–Kier alpha value is -5.58. The summed E-state index contributed by atoms with van der Waals surface area (Å²) in [5.41, 5.74) is 8.81. The van der Waals surface area contributed by atoms with E-state index in [1.54, 1.807) is 24.3 Å². The quantitative estimate of drug-likeness (QED) is 0.244. The molecule has 0 aliphatic carbocycles. The zero-order valence-electron chi connectivity index (χ0n) is 22.2. The summed E-state index contributed by atoms with van der Waals surface area (Å²) in [5.74, 6) is 0.167. The highest BCUT2D eigenvalue weighted by atomic mass is 16.6. The highest BCUT2D eigenvalue weighted by Gasteiger charge is 2.09. The summed E-state index contributed by atoms with van der Waals surface area (Å²) in [6, 6.07) is 16.5. The van der Waals surface area contributed by atoms with Crippen LogP contribution >= 0.6 is 0 Å². The van der Waals surface area contributed by atoms with Crippen LogP contribution < -0.4 is 5.73 Å². The molecule has 0 saturated carbocycles. The van der Waals surface area contributed by atoms with E-state index in [1.807, 2.05) is 36.6 Å². The van der Waals surface area contributed by atoms with Crippen LogP contribution in [-0.2, 0) is 28.8 Å². The number of anilines is 1. The van der Waals surface area contributed by atoms with Gasteiger partial charge < -0.3 is 19.9 Å². The highest BCUT2D eigenvalue weighted by molar-refractivity contribution is 5.83. The lowest BCUT2D eigenvalue weighted by Crippen LogP contribution is -1.99. The van der Waals surface area contributed by atoms with Crippen molar-refractivity contribution in [1.82, 2.24) is 4.57 Å². The number of rotatable bonds is 6. The fourth-order valence-corrected chi connectivity index (χ4v) is 2.81. The van der Waals surface area contributed by atoms with Gasteiger partial charge >= 0.3 is 12.3 Å². The molecule has 2 aromatic carbocycles. The van der Waals surface area contributed by atoms with Gasteiger partial charge in [0.15, 0.2) is 0 Å². The molecule has 14 heteroatoms. The van der Waals surface area contributed by atoms with E-state index < -0.39 is 4.92 Å². The molecule has 2 N–H and O–H groups in total. The molecule has 1 heterocycles. The van der Waals surface area contributed by atoms with E-state index in [4.69, 9.17) is 24.9 Å². The van der Waals surface area contributed by atoms with Crippen molar-refractivity contribution in [2.75, 3.05) is 5.73 Å². The number of ketones is 2. The van der Waals surface area contributed by atoms with E-state index in [1.165, 1.54) is 32.0 Å². The van der Waals surface area contributed by atoms with Crippen LogP contribution in [0.1, 0.15) is 45.5 Å². The molecule has 0 atom stereocenters. The Labute approximate surface area is 236 Å². The van der Waals surface area contributed by atoms with E-state index >= 15 is 0 Å². The van der Waals surface area contributed by atoms with E-state index in [-0.39, 0.29) is 47.6 Å². The lowest BCUT2D eigenvalue weighted by atomic mass is 10.2. The van der Waals surface area contributed by atoms with Gasteiger partial charge in [-0.05, 0) is 52.0 Å². The number of carbonyl (C=O) groups is 2. The summed E-state index contributed by atoms with van der Waals surface area (Å²) in [5, 5.41) is 20.8. The summed E-state index contributed by atoms with van der Waals surface area (Å²) in [6.07, 6.45) is 1.30. The molecule has 3 rings (SSSR count). The van der Waals surface area contributed by atoms with Crippen molar-refractivity contribution < 1.29 is 38.6 Å². The van der Waals surface area contributed by atoms with Crippen molar-refractivity contribution in [2.24, 2.45) is 0 Å². The third-order valence-corrected chi connectivity index (χ3v) is 4.48. The molecule has 0 saturated heterocycles. The van der Waals surface area contributed by atoms with Gasteiger partial charge in [-0.2, -0.15) is 19.2 Å². The predicted octanol–water partition coefficient (Wildman–Crippen LogP) is 4.59. The summed E-state index contributed by atoms with van der Waals surface area (Å²) in [4.78, 5) is 72.8. The second-order valence-corrected chi connectivity index (χ2v) is 7.65. The van der Waals surface area contributed by atoms with E-state index in [0.717, 1.165) is 17.1 Å². The first-order chi connectivity index (χ1) is 18.7. The predicted molar refractivity (Wildman–Crippen MR) is 147 cm³/mol. The van der Waals surface area contributed by atoms with Crippen molar-refractivity contribution in [3.8, 4) is 5.69 Å². The molecule has 3 aromatic rings. The molecular formula is C27H32N4O10. The van der Waals surface area contributed by atoms with E-state index in [2.05, 4.69) is 0 Å². The molecule has 220 valence electrons. The Balaban J connectivity index is -0.000000502. The molecule has 0 spiro atoms. The zero-order valence-corrected chi connectivity index (χ0v) is 22.2. The first kappa shape index (κ1) is 39.9. The van der Waals surface area contributed by atoms with Gasteiger partial charge in [0, 0.05) is 54.2 Å². The Morgan fingerprint density at radius 3 is 1.44 bits per heavy atom. The molecule has 0 unspecified atom stereocenters. The fourth-order valence-electron chi connectivity index (χ4n) is 2.81. The highest BCUT2D eigenvalue weighted by Crippen LogP contribution is 2.20. The Kier molecular flexibility index (Phi) is 21.8. The second kappa shape index (κ2) is 22.4. The number of nitro benzene ring substituents is 2. The molecular weight excluding hydrogens is 540 g/mol. The smallest absolute Gasteiger partial charge is 0.373 e. The lowest BCUT2D eigenvalue weighted by Gasteiger charge is -2.08. The van der Waals surface area contributed by atoms with Crippen LogP contribution in [0, 0.1) is 34.1 Å². The molecule has 0 aliphatic heterocycles. The number of Topliss-reactive ketones (excluding diaryl/α,β-unsaturated/α-hetero) is 2. The van der Waals surface area contributed by atoms with Crippen LogP contribution in [0.3, 0.4) is 0 Å². The molecule has 0 fully saturated rings. The summed E-state index contributed by atoms with van der Waals surface area (Å²) in [7, 11) is 0. The fraction of sp³-hybridized carbons (Fsp3) is 0.259. The van der Waals surface area contributed by atoms with Crippen molar-refractivity contribution in [2.45, 2.75) is 48.0 Å². The third-order valence-electron chi connectivity index (χ3n) is 4.48. The van der Waals surface area contributed by atoms with Gasteiger partial charge in [-0.3, -0.25) is 20.2 Å². The number of carbonyl (C=O) groups excluding carboxylic acids is 6. The van der Waals surface area contributed by atoms with Crippen LogP contribution in [0.25, 0.3) is 5.69 Å². The van der Waals surface area contributed by atoms with E-state index in [9.17, 15) is 29.8 Å². The molecule has 0 aliphatic rings. The normalized spacial score (nSPS) is 8.39. The van der Waals surface area contributed by atoms with Gasteiger partial charge in [-0.25, -0.2) is 0 Å². The monoisotopic (exact) mass is 572 g/mol. The average Bonchev–Trinajstić information content (AvgIpc) is 3.22. The van der Waals surface area contributed by atoms with Gasteiger partial charge in [0.2, 0.25) is 0 Å². The van der Waals surface area contributed by atoms with Crippen LogP contribution in [-0.4, -0.2) is 38.3 Å². The standard InChI is InChI=1S/C12H12N2O2.C6H6N2O2.C6H10O2.2CO2.CH4/c1-9-6-7-10(2)13(9)11-4-3-5-12(8-11)14(15)16;7-5-2-1-3-6(4-5)8(9)10;1-5(7)3-4-6(2)8;2*2-1-3;/h3-8H,1-2H3;1-4H,7H2;3-4H2,1-2H3;;;1H4. The number of nitrogens with zero attached hydrogens (tertiary/aromatic N) is 3. The van der Waals surface area contributed by atoms with Crippen LogP contribution in [0.15, 0.2) is 60.7 Å². The Bertz CT molecular complexity index is 1310. The zero-order chi connectivity index (χ0) is 31.3.